The van der Waals surface area contributed by atoms with Gasteiger partial charge in [0.1, 0.15) is 6.04 Å². The molecule has 1 aromatic carbocycles. The normalized spacial score (nSPS) is 18.1. The molecule has 0 radical (unpaired) electrons. The number of esters is 1. The summed E-state index contributed by atoms with van der Waals surface area (Å²) < 4.78 is 51.6. The van der Waals surface area contributed by atoms with E-state index >= 15 is 0 Å². The molecule has 2 atom stereocenters. The minimum absolute atomic E-state index is 0.00617. The molecule has 14 heteroatoms. The van der Waals surface area contributed by atoms with E-state index in [1.165, 1.54) is 42.2 Å². The van der Waals surface area contributed by atoms with Crippen molar-refractivity contribution in [2.24, 2.45) is 11.7 Å². The fourth-order valence-electron chi connectivity index (χ4n) is 4.15. The molecule has 39 heavy (non-hydrogen) atoms. The predicted molar refractivity (Wildman–Crippen MR) is 130 cm³/mol. The number of hydrogen-bond donors (Lipinski definition) is 1. The molecule has 2 aliphatic rings. The number of piperazine rings is 1. The fraction of sp³-hybridized carbons (Fsp3) is 0.520. The smallest absolute Gasteiger partial charge is 0.409 e. The number of nitrogens with zero attached hydrogens (tertiary/aromatic N) is 3. The molecule has 1 aromatic heterocycles. The van der Waals surface area contributed by atoms with Gasteiger partial charge in [0.05, 0.1) is 33.4 Å². The third kappa shape index (κ3) is 6.38. The largest absolute Gasteiger partial charge is 0.489 e. The van der Waals surface area contributed by atoms with Crippen LogP contribution in [-0.2, 0) is 14.3 Å². The number of amides is 2. The van der Waals surface area contributed by atoms with Crippen LogP contribution in [0.25, 0.3) is 11.5 Å². The zero-order valence-corrected chi connectivity index (χ0v) is 21.7. The maximum Gasteiger partial charge on any atom is 0.409 e. The van der Waals surface area contributed by atoms with Gasteiger partial charge < -0.3 is 38.9 Å². The Kier molecular flexibility index (Phi) is 8.53. The molecule has 1 aliphatic carbocycles. The van der Waals surface area contributed by atoms with Crippen molar-refractivity contribution in [3.8, 4) is 23.0 Å². The molecule has 2 fully saturated rings. The van der Waals surface area contributed by atoms with Crippen molar-refractivity contribution in [2.75, 3.05) is 40.5 Å². The number of oxazole rings is 1. The number of benzene rings is 1. The molecule has 2 amide bonds. The summed E-state index contributed by atoms with van der Waals surface area (Å²) in [4.78, 5) is 45.1. The number of halogens is 2. The Hall–Kier alpha value is -3.94. The van der Waals surface area contributed by atoms with Gasteiger partial charge >= 0.3 is 18.7 Å². The lowest BCUT2D eigenvalue weighted by atomic mass is 10.1. The van der Waals surface area contributed by atoms with E-state index in [9.17, 15) is 23.2 Å². The van der Waals surface area contributed by atoms with Gasteiger partial charge in [0.2, 0.25) is 5.89 Å². The van der Waals surface area contributed by atoms with Crippen molar-refractivity contribution >= 4 is 18.0 Å². The molecule has 4 rings (SSSR count). The highest BCUT2D eigenvalue weighted by atomic mass is 19.3. The lowest BCUT2D eigenvalue weighted by molar-refractivity contribution is -0.147. The molecule has 2 N–H and O–H groups in total. The highest BCUT2D eigenvalue weighted by molar-refractivity contribution is 5.97. The van der Waals surface area contributed by atoms with Crippen molar-refractivity contribution in [3.63, 3.8) is 0 Å². The third-order valence-electron chi connectivity index (χ3n) is 6.39. The average Bonchev–Trinajstić information content (AvgIpc) is 3.65. The van der Waals surface area contributed by atoms with E-state index in [0.717, 1.165) is 12.8 Å². The first-order valence-corrected chi connectivity index (χ1v) is 12.3. The number of carbonyl (C=O) groups excluding carboxylic acids is 3. The van der Waals surface area contributed by atoms with E-state index in [4.69, 9.17) is 24.4 Å². The molecule has 1 unspecified atom stereocenters. The standard InChI is InChI=1S/C25H30F2N4O8/c1-13(28)20-19(22(32)31-9-8-30(25(34)36-3)11-16(31)23(33)35-2)29-21(39-20)15-6-7-17(38-24(26)27)18(10-15)37-12-14-4-5-14/h6-7,10,13-14,16,24H,4-5,8-9,11-12,28H2,1-3H3/t13-,16?/m0/s1. The Morgan fingerprint density at radius 3 is 2.51 bits per heavy atom. The topological polar surface area (TPSA) is 147 Å². The lowest BCUT2D eigenvalue weighted by Crippen LogP contribution is -2.59. The molecule has 1 aliphatic heterocycles. The van der Waals surface area contributed by atoms with Crippen molar-refractivity contribution in [1.29, 1.82) is 0 Å². The number of nitrogens with two attached hydrogens (primary N) is 1. The van der Waals surface area contributed by atoms with Gasteiger partial charge in [-0.25, -0.2) is 14.6 Å². The van der Waals surface area contributed by atoms with Gasteiger partial charge in [-0.3, -0.25) is 4.79 Å². The minimum atomic E-state index is -3.04. The van der Waals surface area contributed by atoms with E-state index in [-0.39, 0.29) is 48.5 Å². The van der Waals surface area contributed by atoms with Gasteiger partial charge in [0.15, 0.2) is 23.0 Å². The molecule has 1 saturated heterocycles. The first kappa shape index (κ1) is 28.1. The SMILES string of the molecule is COC(=O)C1CN(C(=O)OC)CCN1C(=O)c1nc(-c2ccc(OC(F)F)c(OCC3CC3)c2)oc1[C@H](C)N. The van der Waals surface area contributed by atoms with Gasteiger partial charge in [0, 0.05) is 18.7 Å². The van der Waals surface area contributed by atoms with E-state index in [0.29, 0.717) is 18.1 Å². The van der Waals surface area contributed by atoms with Crippen LogP contribution in [0, 0.1) is 5.92 Å². The summed E-state index contributed by atoms with van der Waals surface area (Å²) in [5, 5.41) is 0. The van der Waals surface area contributed by atoms with E-state index in [2.05, 4.69) is 9.72 Å². The van der Waals surface area contributed by atoms with Crippen LogP contribution in [0.1, 0.15) is 42.1 Å². The summed E-state index contributed by atoms with van der Waals surface area (Å²) in [6.07, 6.45) is 1.34. The van der Waals surface area contributed by atoms with Crippen LogP contribution in [-0.4, -0.2) is 85.9 Å². The van der Waals surface area contributed by atoms with Gasteiger partial charge in [-0.15, -0.1) is 0 Å². The highest BCUT2D eigenvalue weighted by Crippen LogP contribution is 2.37. The van der Waals surface area contributed by atoms with E-state index in [1.807, 2.05) is 0 Å². The second-order valence-corrected chi connectivity index (χ2v) is 9.27. The Morgan fingerprint density at radius 1 is 1.15 bits per heavy atom. The molecule has 0 bridgehead atoms. The zero-order chi connectivity index (χ0) is 28.3. The zero-order valence-electron chi connectivity index (χ0n) is 21.7. The summed E-state index contributed by atoms with van der Waals surface area (Å²) in [6, 6.07) is 2.31. The van der Waals surface area contributed by atoms with E-state index < -0.39 is 36.7 Å². The lowest BCUT2D eigenvalue weighted by Gasteiger charge is -2.38. The molecule has 12 nitrogen and oxygen atoms in total. The Bertz CT molecular complexity index is 1220. The van der Waals surface area contributed by atoms with Crippen LogP contribution in [0.4, 0.5) is 13.6 Å². The van der Waals surface area contributed by atoms with E-state index in [1.54, 1.807) is 6.92 Å². The van der Waals surface area contributed by atoms with Crippen molar-refractivity contribution < 1.29 is 46.5 Å². The second-order valence-electron chi connectivity index (χ2n) is 9.27. The van der Waals surface area contributed by atoms with Crippen LogP contribution in [0.3, 0.4) is 0 Å². The number of rotatable bonds is 9. The van der Waals surface area contributed by atoms with Crippen LogP contribution in [0.15, 0.2) is 22.6 Å². The highest BCUT2D eigenvalue weighted by Gasteiger charge is 2.40. The molecular weight excluding hydrogens is 522 g/mol. The number of aromatic nitrogens is 1. The first-order chi connectivity index (χ1) is 18.6. The number of carbonyl (C=O) groups is 3. The Labute approximate surface area is 222 Å². The summed E-state index contributed by atoms with van der Waals surface area (Å²) >= 11 is 0. The van der Waals surface area contributed by atoms with Crippen LogP contribution < -0.4 is 15.2 Å². The maximum atomic E-state index is 13.7. The predicted octanol–water partition coefficient (Wildman–Crippen LogP) is 2.82. The number of methoxy groups -OCH3 is 2. The molecule has 0 spiro atoms. The van der Waals surface area contributed by atoms with Crippen LogP contribution in [0.5, 0.6) is 11.5 Å². The van der Waals surface area contributed by atoms with Crippen LogP contribution >= 0.6 is 0 Å². The van der Waals surface area contributed by atoms with Crippen molar-refractivity contribution in [3.05, 3.63) is 29.7 Å². The summed E-state index contributed by atoms with van der Waals surface area (Å²) in [6.45, 7) is -1.15. The number of hydrogen-bond acceptors (Lipinski definition) is 10. The van der Waals surface area contributed by atoms with Gasteiger partial charge in [-0.1, -0.05) is 0 Å². The number of alkyl halides is 2. The van der Waals surface area contributed by atoms with Crippen molar-refractivity contribution in [2.45, 2.75) is 38.5 Å². The Balaban J connectivity index is 1.65. The molecule has 2 heterocycles. The quantitative estimate of drug-likeness (QED) is 0.461. The minimum Gasteiger partial charge on any atom is -0.489 e. The molecular formula is C25H30F2N4O8. The van der Waals surface area contributed by atoms with Gasteiger partial charge in [0.25, 0.3) is 5.91 Å². The summed E-state index contributed by atoms with van der Waals surface area (Å²) in [7, 11) is 2.39. The third-order valence-corrected chi connectivity index (χ3v) is 6.39. The molecule has 1 saturated carbocycles. The van der Waals surface area contributed by atoms with Gasteiger partial charge in [-0.05, 0) is 43.9 Å². The molecule has 2 aromatic rings. The summed E-state index contributed by atoms with van der Waals surface area (Å²) in [5.74, 6) is -1.04. The van der Waals surface area contributed by atoms with Crippen LogP contribution in [0.2, 0.25) is 0 Å². The fourth-order valence-corrected chi connectivity index (χ4v) is 4.15. The monoisotopic (exact) mass is 552 g/mol. The molecule has 212 valence electrons. The summed E-state index contributed by atoms with van der Waals surface area (Å²) in [5.41, 5.74) is 6.28. The number of ether oxygens (including phenoxy) is 4. The second kappa shape index (κ2) is 11.8. The maximum absolute atomic E-state index is 13.7. The van der Waals surface area contributed by atoms with Crippen molar-refractivity contribution in [1.82, 2.24) is 14.8 Å². The first-order valence-electron chi connectivity index (χ1n) is 12.3. The van der Waals surface area contributed by atoms with Gasteiger partial charge in [-0.2, -0.15) is 8.78 Å². The average molecular weight is 553 g/mol. The Morgan fingerprint density at radius 2 is 1.90 bits per heavy atom.